The minimum absolute atomic E-state index is 0. The molecule has 2 saturated heterocycles. The van der Waals surface area contributed by atoms with Gasteiger partial charge in [0.05, 0.1) is 27.4 Å². The quantitative estimate of drug-likeness (QED) is 0.323. The molecule has 2 heterocycles. The van der Waals surface area contributed by atoms with Crippen molar-refractivity contribution in [3.63, 3.8) is 0 Å². The predicted molar refractivity (Wildman–Crippen MR) is 136 cm³/mol. The van der Waals surface area contributed by atoms with Crippen LogP contribution in [0.4, 0.5) is 0 Å². The Bertz CT molecular complexity index is 723. The van der Waals surface area contributed by atoms with Crippen LogP contribution >= 0.6 is 24.0 Å². The number of rotatable bonds is 7. The first-order chi connectivity index (χ1) is 14.5. The van der Waals surface area contributed by atoms with Crippen molar-refractivity contribution in [2.24, 2.45) is 10.9 Å². The molecule has 1 atom stereocenters. The second-order valence-electron chi connectivity index (χ2n) is 8.87. The highest BCUT2D eigenvalue weighted by atomic mass is 127. The van der Waals surface area contributed by atoms with Gasteiger partial charge >= 0.3 is 0 Å². The summed E-state index contributed by atoms with van der Waals surface area (Å²) in [5.74, 6) is 3.20. The number of hydrogen-bond acceptors (Lipinski definition) is 5. The molecule has 8 heteroatoms. The summed E-state index contributed by atoms with van der Waals surface area (Å²) in [5.41, 5.74) is 1.12. The zero-order valence-electron chi connectivity index (χ0n) is 19.6. The number of ether oxygens (including phenoxy) is 3. The summed E-state index contributed by atoms with van der Waals surface area (Å²) in [6.07, 6.45) is 1.22. The van der Waals surface area contributed by atoms with E-state index < -0.39 is 0 Å². The number of likely N-dealkylation sites (tertiary alicyclic amines) is 1. The van der Waals surface area contributed by atoms with Crippen LogP contribution in [-0.2, 0) is 10.2 Å². The van der Waals surface area contributed by atoms with Crippen LogP contribution in [0.2, 0.25) is 0 Å². The molecule has 0 saturated carbocycles. The van der Waals surface area contributed by atoms with Crippen molar-refractivity contribution < 1.29 is 14.2 Å². The number of methoxy groups -OCH3 is 2. The van der Waals surface area contributed by atoms with Crippen molar-refractivity contribution in [2.75, 3.05) is 73.7 Å². The molecule has 7 nitrogen and oxygen atoms in total. The lowest BCUT2D eigenvalue weighted by Crippen LogP contribution is -2.45. The van der Waals surface area contributed by atoms with Gasteiger partial charge in [0.25, 0.3) is 0 Å². The average molecular weight is 546 g/mol. The largest absolute Gasteiger partial charge is 0.493 e. The molecule has 1 unspecified atom stereocenters. The summed E-state index contributed by atoms with van der Waals surface area (Å²) in [6.45, 7) is 12.4. The number of hydrogen-bond donors (Lipinski definition) is 1. The van der Waals surface area contributed by atoms with E-state index in [1.165, 1.54) is 12.0 Å². The minimum atomic E-state index is -0.0809. The maximum absolute atomic E-state index is 5.49. The van der Waals surface area contributed by atoms with Crippen LogP contribution in [0.25, 0.3) is 0 Å². The highest BCUT2D eigenvalue weighted by Crippen LogP contribution is 2.33. The highest BCUT2D eigenvalue weighted by Gasteiger charge is 2.29. The van der Waals surface area contributed by atoms with Crippen LogP contribution < -0.4 is 14.8 Å². The van der Waals surface area contributed by atoms with E-state index >= 15 is 0 Å². The van der Waals surface area contributed by atoms with E-state index in [9.17, 15) is 0 Å². The molecule has 1 N–H and O–H groups in total. The second kappa shape index (κ2) is 12.1. The summed E-state index contributed by atoms with van der Waals surface area (Å²) < 4.78 is 16.3. The number of morpholine rings is 1. The zero-order chi connectivity index (χ0) is 21.6. The first kappa shape index (κ1) is 26.0. The molecule has 2 fully saturated rings. The highest BCUT2D eigenvalue weighted by molar-refractivity contribution is 14.0. The van der Waals surface area contributed by atoms with E-state index in [0.29, 0.717) is 5.92 Å². The third-order valence-corrected chi connectivity index (χ3v) is 6.27. The summed E-state index contributed by atoms with van der Waals surface area (Å²) in [4.78, 5) is 9.50. The standard InChI is InChI=1S/C23H38N4O3.HI/c1-23(2,19-6-7-20(28-4)21(14-19)29-5)17-25-22(24-3)27-9-8-18(16-27)15-26-10-12-30-13-11-26;/h6-7,14,18H,8-13,15-17H2,1-5H3,(H,24,25);1H. The molecule has 2 aliphatic rings. The first-order valence-corrected chi connectivity index (χ1v) is 10.9. The van der Waals surface area contributed by atoms with Crippen LogP contribution in [0.15, 0.2) is 23.2 Å². The third-order valence-electron chi connectivity index (χ3n) is 6.27. The fourth-order valence-corrected chi connectivity index (χ4v) is 4.31. The fourth-order valence-electron chi connectivity index (χ4n) is 4.31. The lowest BCUT2D eigenvalue weighted by atomic mass is 9.84. The van der Waals surface area contributed by atoms with Crippen LogP contribution in [0.5, 0.6) is 11.5 Å². The molecule has 0 bridgehead atoms. The van der Waals surface area contributed by atoms with E-state index in [4.69, 9.17) is 14.2 Å². The Labute approximate surface area is 204 Å². The van der Waals surface area contributed by atoms with Crippen molar-refractivity contribution in [3.8, 4) is 11.5 Å². The average Bonchev–Trinajstić information content (AvgIpc) is 3.22. The van der Waals surface area contributed by atoms with E-state index in [-0.39, 0.29) is 29.4 Å². The Morgan fingerprint density at radius 2 is 1.87 bits per heavy atom. The van der Waals surface area contributed by atoms with Gasteiger partial charge < -0.3 is 24.4 Å². The normalized spacial score (nSPS) is 20.4. The Balaban J connectivity index is 0.00000341. The van der Waals surface area contributed by atoms with Gasteiger partial charge in [0, 0.05) is 51.7 Å². The molecule has 2 aliphatic heterocycles. The molecule has 0 amide bonds. The zero-order valence-corrected chi connectivity index (χ0v) is 22.0. The van der Waals surface area contributed by atoms with Gasteiger partial charge in [-0.05, 0) is 30.0 Å². The number of aliphatic imine (C=N–C) groups is 1. The maximum atomic E-state index is 5.49. The topological polar surface area (TPSA) is 58.6 Å². The third kappa shape index (κ3) is 6.86. The van der Waals surface area contributed by atoms with Crippen molar-refractivity contribution in [3.05, 3.63) is 23.8 Å². The van der Waals surface area contributed by atoms with Crippen LogP contribution in [0.3, 0.4) is 0 Å². The van der Waals surface area contributed by atoms with Crippen molar-refractivity contribution in [1.29, 1.82) is 0 Å². The van der Waals surface area contributed by atoms with Gasteiger partial charge in [-0.25, -0.2) is 0 Å². The summed E-state index contributed by atoms with van der Waals surface area (Å²) in [7, 11) is 5.22. The van der Waals surface area contributed by atoms with E-state index in [2.05, 4.69) is 46.1 Å². The molecule has 1 aromatic carbocycles. The van der Waals surface area contributed by atoms with Gasteiger partial charge in [0.1, 0.15) is 0 Å². The molecule has 0 radical (unpaired) electrons. The molecule has 3 rings (SSSR count). The molecule has 31 heavy (non-hydrogen) atoms. The summed E-state index contributed by atoms with van der Waals surface area (Å²) >= 11 is 0. The smallest absolute Gasteiger partial charge is 0.193 e. The van der Waals surface area contributed by atoms with Crippen molar-refractivity contribution >= 4 is 29.9 Å². The second-order valence-corrected chi connectivity index (χ2v) is 8.87. The van der Waals surface area contributed by atoms with Gasteiger partial charge in [-0.2, -0.15) is 0 Å². The Kier molecular flexibility index (Phi) is 10.2. The summed E-state index contributed by atoms with van der Waals surface area (Å²) in [5, 5.41) is 3.61. The Morgan fingerprint density at radius 3 is 2.52 bits per heavy atom. The molecule has 1 aromatic rings. The van der Waals surface area contributed by atoms with Crippen molar-refractivity contribution in [1.82, 2.24) is 15.1 Å². The first-order valence-electron chi connectivity index (χ1n) is 10.9. The molecule has 0 spiro atoms. The Hall–Kier alpha value is -1.26. The minimum Gasteiger partial charge on any atom is -0.493 e. The number of halogens is 1. The lowest BCUT2D eigenvalue weighted by Gasteiger charge is -2.30. The molecule has 176 valence electrons. The van der Waals surface area contributed by atoms with Gasteiger partial charge in [-0.3, -0.25) is 9.89 Å². The van der Waals surface area contributed by atoms with Gasteiger partial charge in [-0.1, -0.05) is 19.9 Å². The van der Waals surface area contributed by atoms with Crippen LogP contribution in [0, 0.1) is 5.92 Å². The van der Waals surface area contributed by atoms with Crippen molar-refractivity contribution in [2.45, 2.75) is 25.7 Å². The van der Waals surface area contributed by atoms with Crippen LogP contribution in [-0.4, -0.2) is 89.5 Å². The van der Waals surface area contributed by atoms with Gasteiger partial charge in [0.2, 0.25) is 0 Å². The monoisotopic (exact) mass is 546 g/mol. The van der Waals surface area contributed by atoms with Gasteiger partial charge in [-0.15, -0.1) is 24.0 Å². The maximum Gasteiger partial charge on any atom is 0.193 e. The lowest BCUT2D eigenvalue weighted by molar-refractivity contribution is 0.0315. The van der Waals surface area contributed by atoms with E-state index in [1.54, 1.807) is 14.2 Å². The summed E-state index contributed by atoms with van der Waals surface area (Å²) in [6, 6.07) is 6.15. The molecule has 0 aromatic heterocycles. The molecule has 0 aliphatic carbocycles. The fraction of sp³-hybridized carbons (Fsp3) is 0.696. The SMILES string of the molecule is CN=C(NCC(C)(C)c1ccc(OC)c(OC)c1)N1CCC(CN2CCOCC2)C1.I. The predicted octanol–water partition coefficient (Wildman–Crippen LogP) is 2.83. The van der Waals surface area contributed by atoms with Crippen LogP contribution in [0.1, 0.15) is 25.8 Å². The molecular formula is C23H39IN4O3. The van der Waals surface area contributed by atoms with E-state index in [0.717, 1.165) is 69.9 Å². The van der Waals surface area contributed by atoms with E-state index in [1.807, 2.05) is 13.1 Å². The number of nitrogens with zero attached hydrogens (tertiary/aromatic N) is 3. The number of guanidine groups is 1. The Morgan fingerprint density at radius 1 is 1.16 bits per heavy atom. The van der Waals surface area contributed by atoms with Gasteiger partial charge in [0.15, 0.2) is 17.5 Å². The number of benzene rings is 1. The molecular weight excluding hydrogens is 507 g/mol. The number of nitrogens with one attached hydrogen (secondary N) is 1.